The van der Waals surface area contributed by atoms with Crippen LogP contribution in [0.15, 0.2) is 64.5 Å². The lowest BCUT2D eigenvalue weighted by Gasteiger charge is -2.18. The number of hydrogen-bond acceptors (Lipinski definition) is 5. The number of nitrogens with zero attached hydrogens (tertiary/aromatic N) is 2. The molecule has 38 heavy (non-hydrogen) atoms. The molecule has 2 heterocycles. The maximum Gasteiger partial charge on any atom is 0.270 e. The van der Waals surface area contributed by atoms with E-state index in [0.717, 1.165) is 34.0 Å². The summed E-state index contributed by atoms with van der Waals surface area (Å²) in [6, 6.07) is 14.5. The third-order valence-corrected chi connectivity index (χ3v) is 8.35. The summed E-state index contributed by atoms with van der Waals surface area (Å²) >= 11 is 0. The van der Waals surface area contributed by atoms with Gasteiger partial charge in [0.25, 0.3) is 11.8 Å². The minimum atomic E-state index is -4.15. The molecule has 0 saturated heterocycles. The van der Waals surface area contributed by atoms with Gasteiger partial charge in [0, 0.05) is 30.7 Å². The number of aryl methyl sites for hydroxylation is 2. The number of nitrogens with two attached hydrogens (primary N) is 1. The molecule has 0 aliphatic rings. The molecule has 3 N–H and O–H groups in total. The smallest absolute Gasteiger partial charge is 0.270 e. The molecule has 0 atom stereocenters. The van der Waals surface area contributed by atoms with Crippen molar-refractivity contribution in [1.82, 2.24) is 14.9 Å². The number of unbranched alkanes of at least 4 members (excludes halogenated alkanes) is 1. The molecule has 8 nitrogen and oxygen atoms in total. The van der Waals surface area contributed by atoms with E-state index in [-0.39, 0.29) is 27.7 Å². The zero-order valence-corrected chi connectivity index (χ0v) is 22.9. The van der Waals surface area contributed by atoms with Crippen LogP contribution < -0.4 is 5.73 Å². The predicted molar refractivity (Wildman–Crippen MR) is 147 cm³/mol. The van der Waals surface area contributed by atoms with E-state index in [4.69, 9.17) is 5.73 Å². The summed E-state index contributed by atoms with van der Waals surface area (Å²) in [5.74, 6) is -1.36. The lowest BCUT2D eigenvalue weighted by Crippen LogP contribution is -2.27. The molecule has 2 aromatic carbocycles. The van der Waals surface area contributed by atoms with Gasteiger partial charge in [-0.05, 0) is 73.7 Å². The monoisotopic (exact) mass is 532 g/mol. The first kappa shape index (κ1) is 27.1. The normalized spacial score (nSPS) is 11.6. The Balaban J connectivity index is 1.80. The molecule has 0 fully saturated rings. The number of aromatic amines is 1. The highest BCUT2D eigenvalue weighted by molar-refractivity contribution is 7.91. The van der Waals surface area contributed by atoms with Crippen LogP contribution in [0.5, 0.6) is 0 Å². The molecule has 0 bridgehead atoms. The average molecular weight is 533 g/mol. The number of carbonyl (C=O) groups is 2. The molecule has 0 spiro atoms. The number of aromatic nitrogens is 2. The molecule has 9 heteroatoms. The summed E-state index contributed by atoms with van der Waals surface area (Å²) in [6.45, 7) is 5.87. The maximum atomic E-state index is 13.9. The van der Waals surface area contributed by atoms with E-state index >= 15 is 0 Å². The Hall–Kier alpha value is -3.98. The van der Waals surface area contributed by atoms with Gasteiger partial charge in [-0.25, -0.2) is 8.42 Å². The Morgan fingerprint density at radius 3 is 2.39 bits per heavy atom. The predicted octanol–water partition coefficient (Wildman–Crippen LogP) is 4.73. The second-order valence-corrected chi connectivity index (χ2v) is 11.6. The molecule has 2 amide bonds. The van der Waals surface area contributed by atoms with Crippen molar-refractivity contribution in [1.29, 1.82) is 0 Å². The molecule has 4 aromatic rings. The molecule has 0 saturated carbocycles. The number of primary amides is 1. The largest absolute Gasteiger partial charge is 0.364 e. The number of nitrogens with one attached hydrogen (secondary N) is 1. The van der Waals surface area contributed by atoms with Gasteiger partial charge >= 0.3 is 0 Å². The summed E-state index contributed by atoms with van der Waals surface area (Å²) in [5.41, 5.74) is 9.02. The number of rotatable bonds is 9. The van der Waals surface area contributed by atoms with Gasteiger partial charge in [-0.2, -0.15) is 0 Å². The Labute approximate surface area is 222 Å². The van der Waals surface area contributed by atoms with Crippen LogP contribution in [0.3, 0.4) is 0 Å². The number of sulfone groups is 1. The third-order valence-electron chi connectivity index (χ3n) is 6.50. The lowest BCUT2D eigenvalue weighted by atomic mass is 10.1. The number of fused-ring (bicyclic) bond motifs is 1. The number of amides is 2. The van der Waals surface area contributed by atoms with Crippen LogP contribution in [0.2, 0.25) is 0 Å². The molecule has 198 valence electrons. The fraction of sp³-hybridized carbons (Fsp3) is 0.276. The van der Waals surface area contributed by atoms with Crippen molar-refractivity contribution in [3.63, 3.8) is 0 Å². The fourth-order valence-electron chi connectivity index (χ4n) is 4.73. The van der Waals surface area contributed by atoms with E-state index in [9.17, 15) is 18.0 Å². The minimum absolute atomic E-state index is 0.0615. The Kier molecular flexibility index (Phi) is 7.68. The number of benzene rings is 2. The van der Waals surface area contributed by atoms with Crippen molar-refractivity contribution in [2.75, 3.05) is 7.05 Å². The number of pyridine rings is 1. The van der Waals surface area contributed by atoms with Crippen molar-refractivity contribution in [2.45, 2.75) is 56.4 Å². The van der Waals surface area contributed by atoms with Gasteiger partial charge in [-0.3, -0.25) is 14.6 Å². The number of hydrogen-bond donors (Lipinski definition) is 2. The maximum absolute atomic E-state index is 13.9. The summed E-state index contributed by atoms with van der Waals surface area (Å²) in [6.07, 6.45) is 3.43. The molecular weight excluding hydrogens is 500 g/mol. The van der Waals surface area contributed by atoms with Crippen LogP contribution >= 0.6 is 0 Å². The molecule has 2 aromatic heterocycles. The van der Waals surface area contributed by atoms with E-state index in [2.05, 4.69) is 9.97 Å². The van der Waals surface area contributed by atoms with Crippen LogP contribution in [0.4, 0.5) is 0 Å². The summed E-state index contributed by atoms with van der Waals surface area (Å²) < 4.78 is 27.8. The first-order valence-corrected chi connectivity index (χ1v) is 14.0. The zero-order valence-electron chi connectivity index (χ0n) is 22.0. The standard InChI is InChI=1S/C29H32N4O4S/c1-5-6-9-23-25(29(35)33(4)17-20-10-11-24-21(16-20)8-7-12-31-24)32-26(28(30)34)27(23)38(36,37)22-14-18(2)13-19(3)15-22/h7-8,10-16,32H,5-6,9,17H2,1-4H3,(H2,30,34). The van der Waals surface area contributed by atoms with Crippen molar-refractivity contribution in [3.8, 4) is 0 Å². The van der Waals surface area contributed by atoms with Crippen LogP contribution in [0, 0.1) is 13.8 Å². The molecule has 0 unspecified atom stereocenters. The van der Waals surface area contributed by atoms with Gasteiger partial charge in [0.15, 0.2) is 0 Å². The van der Waals surface area contributed by atoms with Gasteiger partial charge in [0.2, 0.25) is 9.84 Å². The van der Waals surface area contributed by atoms with Gasteiger partial charge in [-0.1, -0.05) is 31.5 Å². The summed E-state index contributed by atoms with van der Waals surface area (Å²) in [7, 11) is -2.51. The van der Waals surface area contributed by atoms with Crippen LogP contribution in [0.1, 0.15) is 63.0 Å². The van der Waals surface area contributed by atoms with Gasteiger partial charge in [0.05, 0.1) is 10.4 Å². The van der Waals surface area contributed by atoms with Crippen molar-refractivity contribution < 1.29 is 18.0 Å². The van der Waals surface area contributed by atoms with Crippen LogP contribution in [-0.2, 0) is 22.8 Å². The van der Waals surface area contributed by atoms with E-state index in [0.29, 0.717) is 18.4 Å². The minimum Gasteiger partial charge on any atom is -0.364 e. The highest BCUT2D eigenvalue weighted by atomic mass is 32.2. The quantitative estimate of drug-likeness (QED) is 0.322. The van der Waals surface area contributed by atoms with Crippen molar-refractivity contribution in [2.24, 2.45) is 5.73 Å². The molecule has 0 aliphatic carbocycles. The Morgan fingerprint density at radius 1 is 1.03 bits per heavy atom. The highest BCUT2D eigenvalue weighted by Crippen LogP contribution is 2.33. The lowest BCUT2D eigenvalue weighted by molar-refractivity contribution is 0.0778. The van der Waals surface area contributed by atoms with Crippen LogP contribution in [0.25, 0.3) is 10.9 Å². The van der Waals surface area contributed by atoms with E-state index < -0.39 is 21.7 Å². The first-order chi connectivity index (χ1) is 18.0. The van der Waals surface area contributed by atoms with Gasteiger partial charge < -0.3 is 15.6 Å². The molecule has 0 radical (unpaired) electrons. The zero-order chi connectivity index (χ0) is 27.6. The van der Waals surface area contributed by atoms with Crippen molar-refractivity contribution >= 4 is 32.6 Å². The average Bonchev–Trinajstić information content (AvgIpc) is 3.27. The van der Waals surface area contributed by atoms with E-state index in [1.807, 2.05) is 57.2 Å². The second-order valence-electron chi connectivity index (χ2n) is 9.67. The van der Waals surface area contributed by atoms with Crippen molar-refractivity contribution in [3.05, 3.63) is 88.4 Å². The van der Waals surface area contributed by atoms with Crippen LogP contribution in [-0.4, -0.2) is 42.1 Å². The summed E-state index contributed by atoms with van der Waals surface area (Å²) in [4.78, 5) is 34.6. The third kappa shape index (κ3) is 5.33. The SMILES string of the molecule is CCCCc1c(C(=O)N(C)Cc2ccc3ncccc3c2)[nH]c(C(N)=O)c1S(=O)(=O)c1cc(C)cc(C)c1. The van der Waals surface area contributed by atoms with Gasteiger partial charge in [-0.15, -0.1) is 0 Å². The highest BCUT2D eigenvalue weighted by Gasteiger charge is 2.34. The number of H-pyrrole nitrogens is 1. The Bertz CT molecular complexity index is 1620. The fourth-order valence-corrected chi connectivity index (χ4v) is 6.60. The molecule has 0 aliphatic heterocycles. The van der Waals surface area contributed by atoms with E-state index in [1.165, 1.54) is 4.90 Å². The van der Waals surface area contributed by atoms with Gasteiger partial charge in [0.1, 0.15) is 16.3 Å². The number of carbonyl (C=O) groups excluding carboxylic acids is 2. The second kappa shape index (κ2) is 10.8. The van der Waals surface area contributed by atoms with E-state index in [1.54, 1.807) is 25.4 Å². The molecular formula is C29H32N4O4S. The summed E-state index contributed by atoms with van der Waals surface area (Å²) in [5, 5.41) is 0.951. The first-order valence-electron chi connectivity index (χ1n) is 12.5. The topological polar surface area (TPSA) is 126 Å². The molecule has 4 rings (SSSR count). The Morgan fingerprint density at radius 2 is 1.74 bits per heavy atom.